The Balaban J connectivity index is 2.25. The Hall–Kier alpha value is -2.21. The van der Waals surface area contributed by atoms with Gasteiger partial charge in [-0.05, 0) is 52.7 Å². The van der Waals surface area contributed by atoms with Gasteiger partial charge in [0.25, 0.3) is 5.91 Å². The average Bonchev–Trinajstić information content (AvgIpc) is 2.41. The average molecular weight is 335 g/mol. The maximum Gasteiger partial charge on any atom is 0.335 e. The smallest absolute Gasteiger partial charge is 0.335 e. The van der Waals surface area contributed by atoms with Gasteiger partial charge in [-0.1, -0.05) is 6.07 Å². The maximum atomic E-state index is 12.1. The molecule has 0 spiro atoms. The molecule has 0 saturated carbocycles. The van der Waals surface area contributed by atoms with Crippen LogP contribution in [0.3, 0.4) is 0 Å². The number of aromatic nitrogens is 1. The summed E-state index contributed by atoms with van der Waals surface area (Å²) in [4.78, 5) is 27.0. The van der Waals surface area contributed by atoms with E-state index in [0.29, 0.717) is 15.9 Å². The van der Waals surface area contributed by atoms with Crippen LogP contribution in [0, 0.1) is 6.92 Å². The third-order valence-electron chi connectivity index (χ3n) is 2.69. The molecule has 0 aliphatic heterocycles. The SMILES string of the molecule is Cc1cccnc1C(=O)Nc1ccc(C(=O)O)cc1Br. The second-order valence-corrected chi connectivity index (χ2v) is 4.98. The normalized spacial score (nSPS) is 10.1. The van der Waals surface area contributed by atoms with Crippen LogP contribution in [-0.2, 0) is 0 Å². The lowest BCUT2D eigenvalue weighted by atomic mass is 10.2. The van der Waals surface area contributed by atoms with Crippen LogP contribution in [0.2, 0.25) is 0 Å². The molecule has 0 atom stereocenters. The van der Waals surface area contributed by atoms with Gasteiger partial charge in [-0.15, -0.1) is 0 Å². The van der Waals surface area contributed by atoms with Gasteiger partial charge < -0.3 is 10.4 Å². The highest BCUT2D eigenvalue weighted by Crippen LogP contribution is 2.24. The number of carboxylic acids is 1. The predicted molar refractivity (Wildman–Crippen MR) is 78.0 cm³/mol. The number of carboxylic acid groups (broad SMARTS) is 1. The zero-order chi connectivity index (χ0) is 14.7. The second-order valence-electron chi connectivity index (χ2n) is 4.12. The van der Waals surface area contributed by atoms with E-state index in [0.717, 1.165) is 5.56 Å². The Morgan fingerprint density at radius 3 is 2.65 bits per heavy atom. The van der Waals surface area contributed by atoms with E-state index in [1.165, 1.54) is 18.2 Å². The zero-order valence-corrected chi connectivity index (χ0v) is 12.1. The Morgan fingerprint density at radius 1 is 1.30 bits per heavy atom. The van der Waals surface area contributed by atoms with Gasteiger partial charge in [0.2, 0.25) is 0 Å². The van der Waals surface area contributed by atoms with E-state index in [1.807, 2.05) is 0 Å². The van der Waals surface area contributed by atoms with E-state index in [-0.39, 0.29) is 11.5 Å². The molecule has 0 unspecified atom stereocenters. The predicted octanol–water partition coefficient (Wildman–Crippen LogP) is 3.10. The molecule has 102 valence electrons. The Labute approximate surface area is 123 Å². The highest BCUT2D eigenvalue weighted by Gasteiger charge is 2.13. The summed E-state index contributed by atoms with van der Waals surface area (Å²) in [6.45, 7) is 1.80. The number of carbonyl (C=O) groups excluding carboxylic acids is 1. The number of benzene rings is 1. The summed E-state index contributed by atoms with van der Waals surface area (Å²) in [6, 6.07) is 7.94. The molecule has 2 rings (SSSR count). The number of nitrogens with one attached hydrogen (secondary N) is 1. The molecule has 20 heavy (non-hydrogen) atoms. The lowest BCUT2D eigenvalue weighted by Gasteiger charge is -2.09. The molecule has 0 fully saturated rings. The number of nitrogens with zero attached hydrogens (tertiary/aromatic N) is 1. The van der Waals surface area contributed by atoms with Crippen molar-refractivity contribution in [1.82, 2.24) is 4.98 Å². The van der Waals surface area contributed by atoms with Gasteiger partial charge in [0.15, 0.2) is 0 Å². The van der Waals surface area contributed by atoms with E-state index in [4.69, 9.17) is 5.11 Å². The Kier molecular flexibility index (Phi) is 4.14. The lowest BCUT2D eigenvalue weighted by Crippen LogP contribution is -2.15. The highest BCUT2D eigenvalue weighted by molar-refractivity contribution is 9.10. The number of carbonyl (C=O) groups is 2. The largest absolute Gasteiger partial charge is 0.478 e. The minimum atomic E-state index is -1.02. The summed E-state index contributed by atoms with van der Waals surface area (Å²) in [6.07, 6.45) is 1.55. The number of rotatable bonds is 3. The molecule has 0 aliphatic rings. The first kappa shape index (κ1) is 14.2. The Morgan fingerprint density at radius 2 is 2.05 bits per heavy atom. The van der Waals surface area contributed by atoms with Crippen molar-refractivity contribution in [2.45, 2.75) is 6.92 Å². The number of pyridine rings is 1. The van der Waals surface area contributed by atoms with Gasteiger partial charge in [-0.3, -0.25) is 9.78 Å². The van der Waals surface area contributed by atoms with Crippen molar-refractivity contribution in [1.29, 1.82) is 0 Å². The molecular weight excluding hydrogens is 324 g/mol. The molecule has 2 aromatic rings. The van der Waals surface area contributed by atoms with Crippen LogP contribution in [0.1, 0.15) is 26.4 Å². The molecule has 5 nitrogen and oxygen atoms in total. The topological polar surface area (TPSA) is 79.3 Å². The van der Waals surface area contributed by atoms with Crippen molar-refractivity contribution in [3.8, 4) is 0 Å². The van der Waals surface area contributed by atoms with Crippen molar-refractivity contribution in [2.75, 3.05) is 5.32 Å². The minimum Gasteiger partial charge on any atom is -0.478 e. The number of hydrogen-bond donors (Lipinski definition) is 2. The minimum absolute atomic E-state index is 0.142. The summed E-state index contributed by atoms with van der Waals surface area (Å²) in [5, 5.41) is 11.6. The molecule has 1 aromatic carbocycles. The van der Waals surface area contributed by atoms with E-state index in [1.54, 1.807) is 25.3 Å². The fraction of sp³-hybridized carbons (Fsp3) is 0.0714. The molecule has 0 bridgehead atoms. The molecular formula is C14H11BrN2O3. The summed E-state index contributed by atoms with van der Waals surface area (Å²) >= 11 is 3.24. The number of halogens is 1. The van der Waals surface area contributed by atoms with Crippen molar-refractivity contribution < 1.29 is 14.7 Å². The van der Waals surface area contributed by atoms with E-state index in [9.17, 15) is 9.59 Å². The third kappa shape index (κ3) is 3.03. The summed E-state index contributed by atoms with van der Waals surface area (Å²) in [5.74, 6) is -1.36. The highest BCUT2D eigenvalue weighted by atomic mass is 79.9. The lowest BCUT2D eigenvalue weighted by molar-refractivity contribution is 0.0696. The first-order chi connectivity index (χ1) is 9.49. The van der Waals surface area contributed by atoms with Crippen molar-refractivity contribution in [3.05, 3.63) is 57.8 Å². The van der Waals surface area contributed by atoms with E-state index < -0.39 is 5.97 Å². The van der Waals surface area contributed by atoms with Gasteiger partial charge in [-0.2, -0.15) is 0 Å². The van der Waals surface area contributed by atoms with Crippen molar-refractivity contribution >= 4 is 33.5 Å². The zero-order valence-electron chi connectivity index (χ0n) is 10.6. The van der Waals surface area contributed by atoms with Gasteiger partial charge in [-0.25, -0.2) is 4.79 Å². The maximum absolute atomic E-state index is 12.1. The van der Waals surface area contributed by atoms with Crippen molar-refractivity contribution in [3.63, 3.8) is 0 Å². The van der Waals surface area contributed by atoms with Crippen LogP contribution >= 0.6 is 15.9 Å². The molecule has 2 N–H and O–H groups in total. The first-order valence-electron chi connectivity index (χ1n) is 5.75. The number of aromatic carboxylic acids is 1. The van der Waals surface area contributed by atoms with Gasteiger partial charge in [0.1, 0.15) is 5.69 Å². The molecule has 0 saturated heterocycles. The third-order valence-corrected chi connectivity index (χ3v) is 3.34. The fourth-order valence-electron chi connectivity index (χ4n) is 1.65. The van der Waals surface area contributed by atoms with E-state index >= 15 is 0 Å². The number of anilines is 1. The van der Waals surface area contributed by atoms with Crippen molar-refractivity contribution in [2.24, 2.45) is 0 Å². The first-order valence-corrected chi connectivity index (χ1v) is 6.54. The van der Waals surface area contributed by atoms with Crippen LogP contribution in [0.4, 0.5) is 5.69 Å². The van der Waals surface area contributed by atoms with Gasteiger partial charge in [0.05, 0.1) is 11.3 Å². The molecule has 6 heteroatoms. The second kappa shape index (κ2) is 5.83. The summed E-state index contributed by atoms with van der Waals surface area (Å²) in [7, 11) is 0. The fourth-order valence-corrected chi connectivity index (χ4v) is 2.13. The van der Waals surface area contributed by atoms with E-state index in [2.05, 4.69) is 26.2 Å². The van der Waals surface area contributed by atoms with Crippen LogP contribution < -0.4 is 5.32 Å². The van der Waals surface area contributed by atoms with Gasteiger partial charge in [0, 0.05) is 10.7 Å². The summed E-state index contributed by atoms with van der Waals surface area (Å²) < 4.78 is 0.499. The Bertz CT molecular complexity index is 686. The standard InChI is InChI=1S/C14H11BrN2O3/c1-8-3-2-6-16-12(8)13(18)17-11-5-4-9(14(19)20)7-10(11)15/h2-7H,1H3,(H,17,18)(H,19,20). The van der Waals surface area contributed by atoms with Crippen LogP contribution in [0.25, 0.3) is 0 Å². The summed E-state index contributed by atoms with van der Waals surface area (Å²) in [5.41, 5.74) is 1.74. The monoisotopic (exact) mass is 334 g/mol. The number of hydrogen-bond acceptors (Lipinski definition) is 3. The number of aryl methyl sites for hydroxylation is 1. The van der Waals surface area contributed by atoms with Crippen LogP contribution in [0.15, 0.2) is 41.0 Å². The number of amides is 1. The quantitative estimate of drug-likeness (QED) is 0.903. The molecule has 0 aliphatic carbocycles. The van der Waals surface area contributed by atoms with Crippen LogP contribution in [0.5, 0.6) is 0 Å². The molecule has 1 aromatic heterocycles. The molecule has 1 amide bonds. The molecule has 0 radical (unpaired) electrons. The molecule has 1 heterocycles. The van der Waals surface area contributed by atoms with Gasteiger partial charge >= 0.3 is 5.97 Å². The van der Waals surface area contributed by atoms with Crippen LogP contribution in [-0.4, -0.2) is 22.0 Å².